The summed E-state index contributed by atoms with van der Waals surface area (Å²) in [6.45, 7) is 7.60. The Kier molecular flexibility index (Phi) is 7.70. The van der Waals surface area contributed by atoms with E-state index in [2.05, 4.69) is 29.0 Å². The van der Waals surface area contributed by atoms with Gasteiger partial charge in [0.1, 0.15) is 18.5 Å². The van der Waals surface area contributed by atoms with Crippen molar-refractivity contribution >= 4 is 17.1 Å². The molecule has 0 saturated carbocycles. The Morgan fingerprint density at radius 2 is 1.81 bits per heavy atom. The number of imidazole rings is 1. The number of benzene rings is 1. The van der Waals surface area contributed by atoms with Crippen molar-refractivity contribution in [2.75, 3.05) is 38.1 Å². The summed E-state index contributed by atoms with van der Waals surface area (Å²) in [5, 5.41) is 13.9. The number of hydrogen-bond donors (Lipinski definition) is 2. The van der Waals surface area contributed by atoms with Gasteiger partial charge in [-0.25, -0.2) is 4.79 Å². The van der Waals surface area contributed by atoms with Gasteiger partial charge in [-0.3, -0.25) is 13.9 Å². The molecule has 0 saturated heterocycles. The van der Waals surface area contributed by atoms with E-state index >= 15 is 0 Å². The van der Waals surface area contributed by atoms with Gasteiger partial charge in [-0.15, -0.1) is 0 Å². The highest BCUT2D eigenvalue weighted by atomic mass is 16.5. The van der Waals surface area contributed by atoms with Gasteiger partial charge in [0, 0.05) is 27.2 Å². The highest BCUT2D eigenvalue weighted by Gasteiger charge is 2.21. The van der Waals surface area contributed by atoms with E-state index in [4.69, 9.17) is 4.74 Å². The van der Waals surface area contributed by atoms with Gasteiger partial charge >= 0.3 is 5.69 Å². The number of likely N-dealkylation sites (N-methyl/N-ethyl adjacent to an activating group) is 1. The van der Waals surface area contributed by atoms with Crippen molar-refractivity contribution in [3.63, 3.8) is 0 Å². The molecule has 10 nitrogen and oxygen atoms in total. The van der Waals surface area contributed by atoms with Crippen LogP contribution in [0.15, 0.2) is 39.9 Å². The van der Waals surface area contributed by atoms with E-state index in [1.807, 2.05) is 30.3 Å². The molecule has 2 N–H and O–H groups in total. The van der Waals surface area contributed by atoms with Gasteiger partial charge in [-0.05, 0) is 25.2 Å². The Morgan fingerprint density at radius 3 is 2.47 bits per heavy atom. The number of aliphatic hydroxyl groups excluding tert-OH is 1. The average Bonchev–Trinajstić information content (AvgIpc) is 3.16. The molecular weight excluding hydrogens is 412 g/mol. The predicted octanol–water partition coefficient (Wildman–Crippen LogP) is 0.627. The van der Waals surface area contributed by atoms with Crippen molar-refractivity contribution in [2.45, 2.75) is 26.5 Å². The minimum atomic E-state index is -0.891. The van der Waals surface area contributed by atoms with Crippen LogP contribution in [0, 0.1) is 0 Å². The van der Waals surface area contributed by atoms with Crippen molar-refractivity contribution < 1.29 is 9.84 Å². The molecule has 174 valence electrons. The Morgan fingerprint density at radius 1 is 1.12 bits per heavy atom. The van der Waals surface area contributed by atoms with Crippen LogP contribution in [0.3, 0.4) is 0 Å². The fourth-order valence-electron chi connectivity index (χ4n) is 3.60. The van der Waals surface area contributed by atoms with Crippen LogP contribution in [-0.4, -0.2) is 67.6 Å². The molecule has 1 aromatic carbocycles. The standard InChI is InChI=1S/C22H32N6O4/c1-5-27(6-2)13-12-23-21-24-19-18(20(30)26(4)22(31)25(19)3)28(21)14-16(29)15-32-17-10-8-7-9-11-17/h7-11,16,29H,5-6,12-15H2,1-4H3,(H,23,24). The Bertz CT molecular complexity index is 1150. The van der Waals surface area contributed by atoms with Gasteiger partial charge in [0.15, 0.2) is 11.2 Å². The quantitative estimate of drug-likeness (QED) is 0.447. The van der Waals surface area contributed by atoms with Gasteiger partial charge < -0.3 is 24.6 Å². The maximum Gasteiger partial charge on any atom is 0.332 e. The normalized spacial score (nSPS) is 12.4. The summed E-state index contributed by atoms with van der Waals surface area (Å²) in [6.07, 6.45) is -0.891. The van der Waals surface area contributed by atoms with Crippen molar-refractivity contribution in [1.29, 1.82) is 0 Å². The number of anilines is 1. The molecule has 0 fully saturated rings. The molecule has 0 spiro atoms. The first-order valence-corrected chi connectivity index (χ1v) is 10.9. The van der Waals surface area contributed by atoms with Crippen molar-refractivity contribution in [3.05, 3.63) is 51.2 Å². The molecule has 0 radical (unpaired) electrons. The summed E-state index contributed by atoms with van der Waals surface area (Å²) in [5.74, 6) is 1.09. The highest BCUT2D eigenvalue weighted by Crippen LogP contribution is 2.17. The maximum atomic E-state index is 12.9. The van der Waals surface area contributed by atoms with E-state index in [-0.39, 0.29) is 24.3 Å². The van der Waals surface area contributed by atoms with E-state index in [1.165, 1.54) is 11.6 Å². The molecule has 1 unspecified atom stereocenters. The van der Waals surface area contributed by atoms with E-state index in [0.717, 1.165) is 24.2 Å². The fourth-order valence-corrected chi connectivity index (χ4v) is 3.60. The van der Waals surface area contributed by atoms with Gasteiger partial charge in [0.2, 0.25) is 5.95 Å². The summed E-state index contributed by atoms with van der Waals surface area (Å²) in [5.41, 5.74) is -0.364. The molecule has 3 rings (SSSR count). The minimum Gasteiger partial charge on any atom is -0.491 e. The average molecular weight is 445 g/mol. The minimum absolute atomic E-state index is 0.0503. The van der Waals surface area contributed by atoms with E-state index in [0.29, 0.717) is 18.2 Å². The molecule has 0 amide bonds. The largest absolute Gasteiger partial charge is 0.491 e. The van der Waals surface area contributed by atoms with Crippen molar-refractivity contribution in [3.8, 4) is 5.75 Å². The number of hydrogen-bond acceptors (Lipinski definition) is 7. The van der Waals surface area contributed by atoms with E-state index in [1.54, 1.807) is 11.6 Å². The summed E-state index contributed by atoms with van der Waals surface area (Å²) in [6, 6.07) is 9.22. The van der Waals surface area contributed by atoms with Gasteiger partial charge in [0.25, 0.3) is 5.56 Å². The lowest BCUT2D eigenvalue weighted by molar-refractivity contribution is 0.0938. The van der Waals surface area contributed by atoms with Gasteiger partial charge in [-0.1, -0.05) is 32.0 Å². The first-order chi connectivity index (χ1) is 15.4. The van der Waals surface area contributed by atoms with Crippen LogP contribution in [0.2, 0.25) is 0 Å². The number of aryl methyl sites for hydroxylation is 1. The molecular formula is C22H32N6O4. The van der Waals surface area contributed by atoms with Crippen LogP contribution in [0.4, 0.5) is 5.95 Å². The van der Waals surface area contributed by atoms with Crippen molar-refractivity contribution in [1.82, 2.24) is 23.6 Å². The van der Waals surface area contributed by atoms with Crippen LogP contribution < -0.4 is 21.3 Å². The topological polar surface area (TPSA) is 107 Å². The molecule has 10 heteroatoms. The number of nitrogens with one attached hydrogen (secondary N) is 1. The predicted molar refractivity (Wildman–Crippen MR) is 124 cm³/mol. The van der Waals surface area contributed by atoms with Crippen LogP contribution in [0.1, 0.15) is 13.8 Å². The van der Waals surface area contributed by atoms with E-state index < -0.39 is 17.4 Å². The number of para-hydroxylation sites is 1. The molecule has 0 bridgehead atoms. The molecule has 3 aromatic rings. The summed E-state index contributed by atoms with van der Waals surface area (Å²) < 4.78 is 9.69. The summed E-state index contributed by atoms with van der Waals surface area (Å²) in [7, 11) is 3.01. The first kappa shape index (κ1) is 23.6. The Labute approximate surface area is 186 Å². The highest BCUT2D eigenvalue weighted by molar-refractivity contribution is 5.74. The third kappa shape index (κ3) is 5.03. The number of fused-ring (bicyclic) bond motifs is 1. The third-order valence-corrected chi connectivity index (χ3v) is 5.53. The number of rotatable bonds is 11. The number of nitrogens with zero attached hydrogens (tertiary/aromatic N) is 5. The van der Waals surface area contributed by atoms with Crippen molar-refractivity contribution in [2.24, 2.45) is 14.1 Å². The first-order valence-electron chi connectivity index (χ1n) is 10.9. The molecule has 0 aliphatic heterocycles. The van der Waals surface area contributed by atoms with Crippen LogP contribution in [0.25, 0.3) is 11.2 Å². The second-order valence-electron chi connectivity index (χ2n) is 7.66. The van der Waals surface area contributed by atoms with Crippen LogP contribution >= 0.6 is 0 Å². The summed E-state index contributed by atoms with van der Waals surface area (Å²) >= 11 is 0. The Hall–Kier alpha value is -3.11. The molecule has 1 atom stereocenters. The maximum absolute atomic E-state index is 12.9. The zero-order valence-corrected chi connectivity index (χ0v) is 19.1. The van der Waals surface area contributed by atoms with Gasteiger partial charge in [0.05, 0.1) is 6.54 Å². The second kappa shape index (κ2) is 10.5. The molecule has 32 heavy (non-hydrogen) atoms. The molecule has 2 heterocycles. The zero-order chi connectivity index (χ0) is 23.3. The lowest BCUT2D eigenvalue weighted by Gasteiger charge is -2.19. The number of aliphatic hydroxyl groups is 1. The summed E-state index contributed by atoms with van der Waals surface area (Å²) in [4.78, 5) is 32.1. The third-order valence-electron chi connectivity index (χ3n) is 5.53. The smallest absolute Gasteiger partial charge is 0.332 e. The van der Waals surface area contributed by atoms with Crippen LogP contribution in [-0.2, 0) is 20.6 Å². The zero-order valence-electron chi connectivity index (χ0n) is 19.1. The van der Waals surface area contributed by atoms with E-state index in [9.17, 15) is 14.7 Å². The lowest BCUT2D eigenvalue weighted by Crippen LogP contribution is -2.38. The molecule has 2 aromatic heterocycles. The Balaban J connectivity index is 1.90. The lowest BCUT2D eigenvalue weighted by atomic mass is 10.3. The number of aromatic nitrogens is 4. The molecule has 0 aliphatic carbocycles. The van der Waals surface area contributed by atoms with Crippen LogP contribution in [0.5, 0.6) is 5.75 Å². The monoisotopic (exact) mass is 444 g/mol. The second-order valence-corrected chi connectivity index (χ2v) is 7.66. The fraction of sp³-hybridized carbons (Fsp3) is 0.500. The SMILES string of the molecule is CCN(CC)CCNc1nc2c(c(=O)n(C)c(=O)n2C)n1CC(O)COc1ccccc1. The van der Waals surface area contributed by atoms with Gasteiger partial charge in [-0.2, -0.15) is 4.98 Å². The molecule has 0 aliphatic rings. The number of ether oxygens (including phenoxy) is 1.